The monoisotopic (exact) mass is 252 g/mol. The van der Waals surface area contributed by atoms with E-state index in [-0.39, 0.29) is 0 Å². The highest BCUT2D eigenvalue weighted by molar-refractivity contribution is 7.51. The largest absolute Gasteiger partial charge is 0.405 e. The van der Waals surface area contributed by atoms with Gasteiger partial charge in [0.25, 0.3) is 0 Å². The fourth-order valence-corrected chi connectivity index (χ4v) is 2.29. The first-order chi connectivity index (χ1) is 7.68. The van der Waals surface area contributed by atoms with Gasteiger partial charge in [-0.25, -0.2) is 9.65 Å². The summed E-state index contributed by atoms with van der Waals surface area (Å²) in [6, 6.07) is 0. The summed E-state index contributed by atoms with van der Waals surface area (Å²) in [6.45, 7) is 3.87. The van der Waals surface area contributed by atoms with Crippen LogP contribution in [0.2, 0.25) is 0 Å². The molecule has 0 aliphatic heterocycles. The Morgan fingerprint density at radius 1 is 1.19 bits per heavy atom. The Morgan fingerprint density at radius 2 is 1.94 bits per heavy atom. The van der Waals surface area contributed by atoms with Crippen LogP contribution in [0, 0.1) is 0 Å². The van der Waals surface area contributed by atoms with Gasteiger partial charge in [0.2, 0.25) is 0 Å². The Kier molecular flexibility index (Phi) is 10.3. The van der Waals surface area contributed by atoms with E-state index in [1.807, 2.05) is 7.05 Å². The van der Waals surface area contributed by atoms with Crippen LogP contribution < -0.4 is 10.4 Å². The van der Waals surface area contributed by atoms with Crippen molar-refractivity contribution in [1.82, 2.24) is 10.4 Å². The minimum absolute atomic E-state index is 0.379. The van der Waals surface area contributed by atoms with Gasteiger partial charge >= 0.3 is 7.75 Å². The van der Waals surface area contributed by atoms with Crippen molar-refractivity contribution in [3.63, 3.8) is 0 Å². The average molecular weight is 252 g/mol. The van der Waals surface area contributed by atoms with Gasteiger partial charge in [0.15, 0.2) is 0 Å². The zero-order chi connectivity index (χ0) is 12.3. The molecule has 0 aliphatic carbocycles. The summed E-state index contributed by atoms with van der Waals surface area (Å²) in [5.41, 5.74) is 0. The molecule has 0 aromatic heterocycles. The van der Waals surface area contributed by atoms with Gasteiger partial charge in [-0.15, -0.1) is 0 Å². The predicted octanol–water partition coefficient (Wildman–Crippen LogP) is 2.15. The van der Waals surface area contributed by atoms with E-state index in [1.165, 1.54) is 20.0 Å². The maximum Gasteiger partial charge on any atom is 0.405 e. The molecule has 0 spiro atoms. The van der Waals surface area contributed by atoms with Crippen molar-refractivity contribution >= 4 is 7.75 Å². The van der Waals surface area contributed by atoms with Crippen molar-refractivity contribution in [2.75, 3.05) is 33.9 Å². The normalized spacial score (nSPS) is 14.9. The molecule has 98 valence electrons. The average Bonchev–Trinajstić information content (AvgIpc) is 2.29. The number of rotatable bonds is 11. The highest BCUT2D eigenvalue weighted by Crippen LogP contribution is 2.42. The van der Waals surface area contributed by atoms with E-state index in [2.05, 4.69) is 17.3 Å². The summed E-state index contributed by atoms with van der Waals surface area (Å²) < 4.78 is 22.0. The molecule has 6 heteroatoms. The fraction of sp³-hybridized carbons (Fsp3) is 1.00. The topological polar surface area (TPSA) is 59.6 Å². The molecule has 1 unspecified atom stereocenters. The number of hydrogen-bond acceptors (Lipinski definition) is 4. The van der Waals surface area contributed by atoms with Gasteiger partial charge in [0.1, 0.15) is 0 Å². The molecule has 0 radical (unpaired) electrons. The highest BCUT2D eigenvalue weighted by atomic mass is 31.2. The van der Waals surface area contributed by atoms with Crippen LogP contribution in [0.5, 0.6) is 0 Å². The zero-order valence-corrected chi connectivity index (χ0v) is 11.5. The number of hydrogen-bond donors (Lipinski definition) is 2. The fourth-order valence-electron chi connectivity index (χ4n) is 1.20. The summed E-state index contributed by atoms with van der Waals surface area (Å²) in [6.07, 6.45) is 4.54. The van der Waals surface area contributed by atoms with Crippen LogP contribution in [0.4, 0.5) is 0 Å². The Morgan fingerprint density at radius 3 is 2.50 bits per heavy atom. The second kappa shape index (κ2) is 10.2. The van der Waals surface area contributed by atoms with Gasteiger partial charge in [-0.1, -0.05) is 26.2 Å². The lowest BCUT2D eigenvalue weighted by molar-refractivity contribution is 0.225. The first-order valence-corrected chi connectivity index (χ1v) is 7.43. The van der Waals surface area contributed by atoms with Crippen LogP contribution in [0.3, 0.4) is 0 Å². The Hall–Kier alpha value is 0.0700. The third kappa shape index (κ3) is 8.25. The SMILES string of the molecule is CCCCCCNP(=O)(OC)OCCNC. The molecular weight excluding hydrogens is 227 g/mol. The Balaban J connectivity index is 3.66. The molecule has 0 fully saturated rings. The Bertz CT molecular complexity index is 203. The molecule has 5 nitrogen and oxygen atoms in total. The van der Waals surface area contributed by atoms with Crippen molar-refractivity contribution in [3.05, 3.63) is 0 Å². The molecule has 0 bridgehead atoms. The summed E-state index contributed by atoms with van der Waals surface area (Å²) in [7, 11) is 0.152. The lowest BCUT2D eigenvalue weighted by Gasteiger charge is -2.17. The molecule has 2 N–H and O–H groups in total. The van der Waals surface area contributed by atoms with E-state index in [0.717, 1.165) is 12.8 Å². The lowest BCUT2D eigenvalue weighted by Crippen LogP contribution is -2.19. The Labute approximate surface area is 98.9 Å². The molecule has 0 saturated heterocycles. The van der Waals surface area contributed by atoms with Gasteiger partial charge in [-0.2, -0.15) is 0 Å². The summed E-state index contributed by atoms with van der Waals surface area (Å²) in [4.78, 5) is 0. The predicted molar refractivity (Wildman–Crippen MR) is 66.6 cm³/mol. The van der Waals surface area contributed by atoms with Crippen molar-refractivity contribution < 1.29 is 13.6 Å². The number of likely N-dealkylation sites (N-methyl/N-ethyl adjacent to an activating group) is 1. The molecule has 0 rings (SSSR count). The van der Waals surface area contributed by atoms with Gasteiger partial charge in [0, 0.05) is 20.2 Å². The van der Waals surface area contributed by atoms with E-state index in [0.29, 0.717) is 19.7 Å². The van der Waals surface area contributed by atoms with E-state index >= 15 is 0 Å². The van der Waals surface area contributed by atoms with E-state index in [1.54, 1.807) is 0 Å². The quantitative estimate of drug-likeness (QED) is 0.436. The molecule has 0 aromatic rings. The molecule has 16 heavy (non-hydrogen) atoms. The van der Waals surface area contributed by atoms with Gasteiger partial charge < -0.3 is 9.84 Å². The second-order valence-electron chi connectivity index (χ2n) is 3.59. The molecule has 0 aromatic carbocycles. The minimum Gasteiger partial charge on any atom is -0.317 e. The van der Waals surface area contributed by atoms with Gasteiger partial charge in [-0.3, -0.25) is 4.52 Å². The van der Waals surface area contributed by atoms with Crippen LogP contribution in [-0.4, -0.2) is 33.9 Å². The standard InChI is InChI=1S/C10H25N2O3P/c1-4-5-6-7-8-12-16(13,14-3)15-10-9-11-2/h11H,4-10H2,1-3H3,(H,12,13). The van der Waals surface area contributed by atoms with Crippen LogP contribution >= 0.6 is 7.75 Å². The van der Waals surface area contributed by atoms with Gasteiger partial charge in [0.05, 0.1) is 6.61 Å². The van der Waals surface area contributed by atoms with Crippen LogP contribution in [0.25, 0.3) is 0 Å². The summed E-state index contributed by atoms with van der Waals surface area (Å²) in [5.74, 6) is 0. The van der Waals surface area contributed by atoms with E-state index < -0.39 is 7.75 Å². The van der Waals surface area contributed by atoms with Crippen molar-refractivity contribution in [2.24, 2.45) is 0 Å². The molecular formula is C10H25N2O3P. The zero-order valence-electron chi connectivity index (χ0n) is 10.6. The summed E-state index contributed by atoms with van der Waals surface area (Å²) in [5, 5.41) is 5.77. The number of nitrogens with one attached hydrogen (secondary N) is 2. The van der Waals surface area contributed by atoms with Gasteiger partial charge in [-0.05, 0) is 13.5 Å². The first kappa shape index (κ1) is 16.1. The maximum absolute atomic E-state index is 11.9. The van der Waals surface area contributed by atoms with Crippen LogP contribution in [0.1, 0.15) is 32.6 Å². The van der Waals surface area contributed by atoms with Crippen molar-refractivity contribution in [2.45, 2.75) is 32.6 Å². The highest BCUT2D eigenvalue weighted by Gasteiger charge is 2.21. The van der Waals surface area contributed by atoms with E-state index in [4.69, 9.17) is 9.05 Å². The third-order valence-electron chi connectivity index (χ3n) is 2.19. The first-order valence-electron chi connectivity index (χ1n) is 5.88. The van der Waals surface area contributed by atoms with Crippen LogP contribution in [0.15, 0.2) is 0 Å². The van der Waals surface area contributed by atoms with Crippen LogP contribution in [-0.2, 0) is 13.6 Å². The second-order valence-corrected chi connectivity index (χ2v) is 5.52. The van der Waals surface area contributed by atoms with Crippen molar-refractivity contribution in [1.29, 1.82) is 0 Å². The molecule has 1 atom stereocenters. The molecule has 0 saturated carbocycles. The maximum atomic E-state index is 11.9. The molecule has 0 heterocycles. The third-order valence-corrected chi connectivity index (χ3v) is 3.80. The summed E-state index contributed by atoms with van der Waals surface area (Å²) >= 11 is 0. The lowest BCUT2D eigenvalue weighted by atomic mass is 10.2. The molecule has 0 amide bonds. The van der Waals surface area contributed by atoms with Crippen molar-refractivity contribution in [3.8, 4) is 0 Å². The molecule has 0 aliphatic rings. The minimum atomic E-state index is -3.07. The number of unbranched alkanes of at least 4 members (excludes halogenated alkanes) is 3. The smallest absolute Gasteiger partial charge is 0.317 e. The van der Waals surface area contributed by atoms with E-state index in [9.17, 15) is 4.57 Å².